The van der Waals surface area contributed by atoms with Crippen molar-refractivity contribution in [1.29, 1.82) is 5.26 Å². The number of hydrogen-bond donors (Lipinski definition) is 1. The first-order valence-electron chi connectivity index (χ1n) is 11.1. The summed E-state index contributed by atoms with van der Waals surface area (Å²) in [5, 5.41) is 9.15. The number of hydrogen-bond acceptors (Lipinski definition) is 6. The van der Waals surface area contributed by atoms with Crippen molar-refractivity contribution >= 4 is 34.7 Å². The Labute approximate surface area is 200 Å². The van der Waals surface area contributed by atoms with Gasteiger partial charge in [-0.05, 0) is 55.2 Å². The van der Waals surface area contributed by atoms with Crippen molar-refractivity contribution in [1.82, 2.24) is 9.88 Å². The molecule has 1 saturated carbocycles. The Morgan fingerprint density at radius 3 is 2.74 bits per heavy atom. The van der Waals surface area contributed by atoms with Crippen LogP contribution in [0.4, 0.5) is 8.78 Å². The number of nitriles is 1. The molecule has 0 spiro atoms. The van der Waals surface area contributed by atoms with Crippen molar-refractivity contribution in [2.45, 2.75) is 30.6 Å². The number of nitrogens with zero attached hydrogens (tertiary/aromatic N) is 4. The number of carbonyl (C=O) groups is 1. The summed E-state index contributed by atoms with van der Waals surface area (Å²) in [5.41, 5.74) is 6.24. The number of thioether (sulfide) groups is 1. The smallest absolute Gasteiger partial charge is 0.239 e. The van der Waals surface area contributed by atoms with E-state index in [1.165, 1.54) is 48.3 Å². The van der Waals surface area contributed by atoms with E-state index in [0.717, 1.165) is 19.5 Å². The van der Waals surface area contributed by atoms with Gasteiger partial charge < -0.3 is 10.6 Å². The molecule has 4 atom stereocenters. The molecule has 1 saturated heterocycles. The van der Waals surface area contributed by atoms with Crippen LogP contribution >= 0.6 is 11.8 Å². The zero-order chi connectivity index (χ0) is 24.3. The number of amides is 1. The van der Waals surface area contributed by atoms with Gasteiger partial charge in [-0.2, -0.15) is 5.26 Å². The van der Waals surface area contributed by atoms with E-state index in [2.05, 4.69) is 9.98 Å². The Morgan fingerprint density at radius 1 is 1.35 bits per heavy atom. The summed E-state index contributed by atoms with van der Waals surface area (Å²) >= 11 is 1.29. The second-order valence-electron chi connectivity index (χ2n) is 9.18. The Balaban J connectivity index is 1.52. The monoisotopic (exact) mass is 479 g/mol. The molecule has 174 valence electrons. The number of rotatable bonds is 4. The summed E-state index contributed by atoms with van der Waals surface area (Å²) in [4.78, 5) is 23.8. The van der Waals surface area contributed by atoms with Crippen LogP contribution in [0.2, 0.25) is 0 Å². The molecule has 1 amide bonds. The van der Waals surface area contributed by atoms with E-state index >= 15 is 4.39 Å². The van der Waals surface area contributed by atoms with Crippen LogP contribution in [0.3, 0.4) is 0 Å². The number of aliphatic imine (C=N–C) groups is 1. The number of aromatic nitrogens is 1. The lowest BCUT2D eigenvalue weighted by Crippen LogP contribution is -2.51. The predicted octanol–water partition coefficient (Wildman–Crippen LogP) is 4.07. The fourth-order valence-electron chi connectivity index (χ4n) is 5.29. The highest BCUT2D eigenvalue weighted by atomic mass is 32.2. The highest BCUT2D eigenvalue weighted by molar-refractivity contribution is 8.15. The van der Waals surface area contributed by atoms with E-state index in [1.807, 2.05) is 17.9 Å². The molecule has 9 heteroatoms. The average Bonchev–Trinajstić information content (AvgIpc) is 3.39. The zero-order valence-corrected chi connectivity index (χ0v) is 19.6. The standard InChI is InChI=1S/C25H23F2N5OS/c1-14-21-24(2,31-23(29)34-25(14,21)22(33)32-8-3-9-32)17-10-15(4-6-18(17)26)11-19(27)20-7-5-16(12-28)13-30-20/h4-7,10-11,13-14,21H,3,8-9H2,1-2H3,(H2,29,31)/b19-11-/t14?,21?,24-,25+/m1/s1. The van der Waals surface area contributed by atoms with E-state index in [1.54, 1.807) is 13.0 Å². The van der Waals surface area contributed by atoms with Gasteiger partial charge in [0.05, 0.1) is 16.8 Å². The molecule has 0 radical (unpaired) electrons. The molecule has 1 aromatic carbocycles. The molecular weight excluding hydrogens is 456 g/mol. The Kier molecular flexibility index (Phi) is 5.24. The van der Waals surface area contributed by atoms with Crippen molar-refractivity contribution in [3.63, 3.8) is 0 Å². The first kappa shape index (κ1) is 22.5. The summed E-state index contributed by atoms with van der Waals surface area (Å²) < 4.78 is 29.3. The molecular formula is C25H23F2N5OS. The number of likely N-dealkylation sites (tertiary alicyclic amines) is 1. The van der Waals surface area contributed by atoms with E-state index in [-0.39, 0.29) is 34.2 Å². The largest absolute Gasteiger partial charge is 0.378 e. The van der Waals surface area contributed by atoms with Gasteiger partial charge in [-0.25, -0.2) is 8.78 Å². The summed E-state index contributed by atoms with van der Waals surface area (Å²) in [6.07, 6.45) is 3.54. The van der Waals surface area contributed by atoms with Crippen LogP contribution in [0.15, 0.2) is 41.5 Å². The molecule has 2 aromatic rings. The van der Waals surface area contributed by atoms with Crippen LogP contribution in [0.1, 0.15) is 42.7 Å². The molecule has 2 N–H and O–H groups in total. The van der Waals surface area contributed by atoms with Crippen molar-refractivity contribution in [3.05, 3.63) is 64.7 Å². The van der Waals surface area contributed by atoms with Crippen LogP contribution in [0.25, 0.3) is 11.9 Å². The fourth-order valence-corrected chi connectivity index (χ4v) is 6.91. The van der Waals surface area contributed by atoms with Crippen molar-refractivity contribution in [2.75, 3.05) is 13.1 Å². The molecule has 34 heavy (non-hydrogen) atoms. The molecule has 2 fully saturated rings. The lowest BCUT2D eigenvalue weighted by atomic mass is 9.84. The third-order valence-corrected chi connectivity index (χ3v) is 8.63. The second kappa shape index (κ2) is 7.91. The minimum absolute atomic E-state index is 0.0414. The molecule has 1 aliphatic carbocycles. The molecule has 6 nitrogen and oxygen atoms in total. The van der Waals surface area contributed by atoms with Gasteiger partial charge in [0.15, 0.2) is 5.17 Å². The number of carbonyl (C=O) groups excluding carboxylic acids is 1. The zero-order valence-electron chi connectivity index (χ0n) is 18.8. The van der Waals surface area contributed by atoms with Crippen molar-refractivity contribution in [2.24, 2.45) is 22.6 Å². The Hall–Kier alpha value is -3.25. The molecule has 2 aliphatic heterocycles. The lowest BCUT2D eigenvalue weighted by molar-refractivity contribution is -0.135. The van der Waals surface area contributed by atoms with Gasteiger partial charge in [0.2, 0.25) is 5.91 Å². The summed E-state index contributed by atoms with van der Waals surface area (Å²) in [6.45, 7) is 5.24. The van der Waals surface area contributed by atoms with E-state index < -0.39 is 21.9 Å². The summed E-state index contributed by atoms with van der Waals surface area (Å²) in [7, 11) is 0. The minimum atomic E-state index is -1.06. The van der Waals surface area contributed by atoms with Gasteiger partial charge in [0.1, 0.15) is 22.5 Å². The van der Waals surface area contributed by atoms with E-state index in [4.69, 9.17) is 11.0 Å². The van der Waals surface area contributed by atoms with Gasteiger partial charge >= 0.3 is 0 Å². The number of nitrogens with two attached hydrogens (primary N) is 1. The van der Waals surface area contributed by atoms with E-state index in [0.29, 0.717) is 11.1 Å². The van der Waals surface area contributed by atoms with Gasteiger partial charge in [0, 0.05) is 30.8 Å². The lowest BCUT2D eigenvalue weighted by Gasteiger charge is -2.38. The number of halogens is 2. The van der Waals surface area contributed by atoms with Crippen LogP contribution in [0, 0.1) is 29.0 Å². The molecule has 5 rings (SSSR count). The van der Waals surface area contributed by atoms with Gasteiger partial charge in [-0.15, -0.1) is 0 Å². The van der Waals surface area contributed by atoms with Crippen LogP contribution in [0.5, 0.6) is 0 Å². The van der Waals surface area contributed by atoms with Gasteiger partial charge in [0.25, 0.3) is 0 Å². The topological polar surface area (TPSA) is 95.4 Å². The quantitative estimate of drug-likeness (QED) is 0.713. The molecule has 1 aromatic heterocycles. The first-order chi connectivity index (χ1) is 16.2. The molecule has 3 heterocycles. The fraction of sp³-hybridized carbons (Fsp3) is 0.360. The average molecular weight is 480 g/mol. The minimum Gasteiger partial charge on any atom is -0.378 e. The number of benzene rings is 1. The normalized spacial score (nSPS) is 30.0. The highest BCUT2D eigenvalue weighted by Gasteiger charge is 2.76. The summed E-state index contributed by atoms with van der Waals surface area (Å²) in [5.74, 6) is -1.33. The maximum absolute atomic E-state index is 15.2. The molecule has 0 bridgehead atoms. The number of pyridine rings is 1. The maximum Gasteiger partial charge on any atom is 0.239 e. The van der Waals surface area contributed by atoms with Crippen molar-refractivity contribution < 1.29 is 13.6 Å². The van der Waals surface area contributed by atoms with Gasteiger partial charge in [-0.3, -0.25) is 14.8 Å². The van der Waals surface area contributed by atoms with Crippen LogP contribution < -0.4 is 5.73 Å². The Bertz CT molecular complexity index is 1280. The highest BCUT2D eigenvalue weighted by Crippen LogP contribution is 2.70. The molecule has 2 unspecified atom stereocenters. The van der Waals surface area contributed by atoms with Crippen LogP contribution in [-0.4, -0.2) is 38.8 Å². The second-order valence-corrected chi connectivity index (χ2v) is 10.5. The predicted molar refractivity (Wildman–Crippen MR) is 127 cm³/mol. The van der Waals surface area contributed by atoms with Crippen LogP contribution in [-0.2, 0) is 10.3 Å². The van der Waals surface area contributed by atoms with Crippen molar-refractivity contribution in [3.8, 4) is 6.07 Å². The Morgan fingerprint density at radius 2 is 2.12 bits per heavy atom. The van der Waals surface area contributed by atoms with E-state index in [9.17, 15) is 9.18 Å². The third kappa shape index (κ3) is 3.31. The SMILES string of the molecule is CC1C2[C@@]1(C(=O)N1CCC1)SC(N)=N[C@]2(C)c1cc(/C=C(\F)c2ccc(C#N)cn2)ccc1F. The maximum atomic E-state index is 15.2. The molecule has 3 aliphatic rings. The van der Waals surface area contributed by atoms with Gasteiger partial charge in [-0.1, -0.05) is 24.8 Å². The number of amidine groups is 1. The third-order valence-electron chi connectivity index (χ3n) is 7.19. The first-order valence-corrected chi connectivity index (χ1v) is 11.9. The number of fused-ring (bicyclic) bond motifs is 1. The summed E-state index contributed by atoms with van der Waals surface area (Å²) in [6, 6.07) is 9.16.